The molecule has 3 heteroatoms. The molecular formula is C17H24N2O. The highest BCUT2D eigenvalue weighted by molar-refractivity contribution is 5.50. The smallest absolute Gasteiger partial charge is 0.0991 e. The molecule has 0 radical (unpaired) electrons. The van der Waals surface area contributed by atoms with Crippen LogP contribution < -0.4 is 5.32 Å². The third kappa shape index (κ3) is 6.51. The first-order valence-corrected chi connectivity index (χ1v) is 7.06. The lowest BCUT2D eigenvalue weighted by molar-refractivity contribution is 0.148. The van der Waals surface area contributed by atoms with Crippen molar-refractivity contribution < 1.29 is 5.11 Å². The second-order valence-corrected chi connectivity index (χ2v) is 5.77. The molecule has 0 bridgehead atoms. The molecule has 0 aliphatic rings. The maximum atomic E-state index is 9.15. The number of benzene rings is 1. The Hall–Kier alpha value is -1.63. The molecule has 0 aromatic heterocycles. The van der Waals surface area contributed by atoms with E-state index in [0.29, 0.717) is 5.56 Å². The monoisotopic (exact) mass is 272 g/mol. The number of aliphatic hydroxyl groups excluding tert-OH is 1. The van der Waals surface area contributed by atoms with Crippen LogP contribution in [0.3, 0.4) is 0 Å². The number of aliphatic hydroxyl groups is 1. The summed E-state index contributed by atoms with van der Waals surface area (Å²) in [5, 5.41) is 21.2. The Bertz CT molecular complexity index is 455. The predicted octanol–water partition coefficient (Wildman–Crippen LogP) is 2.96. The summed E-state index contributed by atoms with van der Waals surface area (Å²) in [4.78, 5) is 0. The summed E-state index contributed by atoms with van der Waals surface area (Å²) in [6.07, 6.45) is 6.22. The first-order chi connectivity index (χ1) is 9.57. The first kappa shape index (κ1) is 16.4. The van der Waals surface area contributed by atoms with E-state index in [2.05, 4.69) is 31.3 Å². The van der Waals surface area contributed by atoms with Crippen molar-refractivity contribution in [2.45, 2.75) is 26.7 Å². The lowest BCUT2D eigenvalue weighted by Crippen LogP contribution is -2.21. The minimum absolute atomic E-state index is 0.0278. The van der Waals surface area contributed by atoms with Crippen LogP contribution in [0.5, 0.6) is 0 Å². The van der Waals surface area contributed by atoms with Crippen molar-refractivity contribution in [3.63, 3.8) is 0 Å². The Labute approximate surface area is 121 Å². The van der Waals surface area contributed by atoms with Crippen molar-refractivity contribution >= 4 is 6.08 Å². The van der Waals surface area contributed by atoms with E-state index in [1.807, 2.05) is 30.3 Å². The molecule has 0 aliphatic heterocycles. The zero-order valence-corrected chi connectivity index (χ0v) is 12.4. The summed E-state index contributed by atoms with van der Waals surface area (Å²) in [7, 11) is 0. The Morgan fingerprint density at radius 1 is 1.30 bits per heavy atom. The van der Waals surface area contributed by atoms with Crippen LogP contribution in [0.1, 0.15) is 37.8 Å². The fourth-order valence-electron chi connectivity index (χ4n) is 1.82. The average molecular weight is 272 g/mol. The van der Waals surface area contributed by atoms with E-state index in [1.54, 1.807) is 0 Å². The summed E-state index contributed by atoms with van der Waals surface area (Å²) < 4.78 is 0. The van der Waals surface area contributed by atoms with Gasteiger partial charge in [0.25, 0.3) is 0 Å². The van der Waals surface area contributed by atoms with E-state index in [0.717, 1.165) is 31.5 Å². The molecule has 0 fully saturated rings. The molecule has 0 amide bonds. The normalized spacial score (nSPS) is 11.7. The first-order valence-electron chi connectivity index (χ1n) is 7.06. The third-order valence-electron chi connectivity index (χ3n) is 3.25. The van der Waals surface area contributed by atoms with Crippen LogP contribution in [0.4, 0.5) is 0 Å². The van der Waals surface area contributed by atoms with Crippen molar-refractivity contribution in [2.24, 2.45) is 5.41 Å². The van der Waals surface area contributed by atoms with Crippen molar-refractivity contribution in [1.82, 2.24) is 5.32 Å². The van der Waals surface area contributed by atoms with Crippen molar-refractivity contribution in [1.29, 1.82) is 5.26 Å². The highest BCUT2D eigenvalue weighted by atomic mass is 16.3. The second-order valence-electron chi connectivity index (χ2n) is 5.77. The predicted molar refractivity (Wildman–Crippen MR) is 83.2 cm³/mol. The molecule has 0 spiro atoms. The van der Waals surface area contributed by atoms with Crippen LogP contribution in [0.15, 0.2) is 30.3 Å². The number of hydrogen-bond acceptors (Lipinski definition) is 3. The molecule has 3 nitrogen and oxygen atoms in total. The Morgan fingerprint density at radius 3 is 2.60 bits per heavy atom. The van der Waals surface area contributed by atoms with Crippen LogP contribution >= 0.6 is 0 Å². The molecule has 1 aromatic rings. The minimum Gasteiger partial charge on any atom is -0.396 e. The van der Waals surface area contributed by atoms with E-state index < -0.39 is 0 Å². The van der Waals surface area contributed by atoms with Gasteiger partial charge in [-0.05, 0) is 42.5 Å². The Morgan fingerprint density at radius 2 is 2.00 bits per heavy atom. The van der Waals surface area contributed by atoms with Gasteiger partial charge in [-0.2, -0.15) is 5.26 Å². The van der Waals surface area contributed by atoms with Crippen LogP contribution in [0.25, 0.3) is 6.08 Å². The van der Waals surface area contributed by atoms with E-state index >= 15 is 0 Å². The third-order valence-corrected chi connectivity index (χ3v) is 3.25. The summed E-state index contributed by atoms with van der Waals surface area (Å²) in [6, 6.07) is 9.64. The van der Waals surface area contributed by atoms with Crippen molar-refractivity contribution in [3.8, 4) is 6.07 Å². The van der Waals surface area contributed by atoms with Gasteiger partial charge in [0.2, 0.25) is 0 Å². The minimum atomic E-state index is 0.0278. The molecular weight excluding hydrogens is 248 g/mol. The summed E-state index contributed by atoms with van der Waals surface area (Å²) >= 11 is 0. The van der Waals surface area contributed by atoms with Gasteiger partial charge in [-0.3, -0.25) is 0 Å². The van der Waals surface area contributed by atoms with Gasteiger partial charge >= 0.3 is 0 Å². The van der Waals surface area contributed by atoms with Crippen LogP contribution in [0.2, 0.25) is 0 Å². The molecule has 0 atom stereocenters. The number of nitriles is 1. The number of nitrogens with zero attached hydrogens (tertiary/aromatic N) is 1. The molecule has 0 aliphatic carbocycles. The van der Waals surface area contributed by atoms with Gasteiger partial charge in [0.15, 0.2) is 0 Å². The van der Waals surface area contributed by atoms with Gasteiger partial charge in [-0.15, -0.1) is 0 Å². The molecule has 108 valence electrons. The standard InChI is InChI=1S/C17H24N2O/c1-17(2,14-20)10-4-12-19-11-3-5-15-6-8-16(13-18)9-7-15/h3,5-9,19-20H,4,10-12,14H2,1-2H3/b5-3+. The van der Waals surface area contributed by atoms with E-state index in [-0.39, 0.29) is 12.0 Å². The van der Waals surface area contributed by atoms with Gasteiger partial charge in [0.1, 0.15) is 0 Å². The van der Waals surface area contributed by atoms with Gasteiger partial charge in [-0.25, -0.2) is 0 Å². The maximum absolute atomic E-state index is 9.15. The summed E-state index contributed by atoms with van der Waals surface area (Å²) in [5.41, 5.74) is 1.82. The van der Waals surface area contributed by atoms with Crippen LogP contribution in [-0.2, 0) is 0 Å². The lowest BCUT2D eigenvalue weighted by atomic mass is 9.89. The molecule has 1 aromatic carbocycles. The van der Waals surface area contributed by atoms with Gasteiger partial charge in [0.05, 0.1) is 11.6 Å². The SMILES string of the molecule is CC(C)(CO)CCCNC/C=C/c1ccc(C#N)cc1. The largest absolute Gasteiger partial charge is 0.396 e. The van der Waals surface area contributed by atoms with Crippen molar-refractivity contribution in [3.05, 3.63) is 41.5 Å². The molecule has 0 heterocycles. The highest BCUT2D eigenvalue weighted by Gasteiger charge is 2.14. The van der Waals surface area contributed by atoms with Gasteiger partial charge < -0.3 is 10.4 Å². The molecule has 0 saturated heterocycles. The molecule has 20 heavy (non-hydrogen) atoms. The van der Waals surface area contributed by atoms with E-state index in [4.69, 9.17) is 10.4 Å². The Balaban J connectivity index is 2.17. The number of hydrogen-bond donors (Lipinski definition) is 2. The van der Waals surface area contributed by atoms with Gasteiger partial charge in [0, 0.05) is 13.2 Å². The zero-order valence-electron chi connectivity index (χ0n) is 12.4. The number of nitrogens with one attached hydrogen (secondary N) is 1. The Kier molecular flexibility index (Phi) is 7.00. The van der Waals surface area contributed by atoms with Crippen LogP contribution in [-0.4, -0.2) is 24.8 Å². The highest BCUT2D eigenvalue weighted by Crippen LogP contribution is 2.20. The summed E-state index contributed by atoms with van der Waals surface area (Å²) in [5.74, 6) is 0. The molecule has 0 saturated carbocycles. The van der Waals surface area contributed by atoms with Crippen LogP contribution in [0, 0.1) is 16.7 Å². The number of rotatable bonds is 8. The molecule has 1 rings (SSSR count). The maximum Gasteiger partial charge on any atom is 0.0991 e. The summed E-state index contributed by atoms with van der Waals surface area (Å²) in [6.45, 7) is 6.20. The molecule has 0 unspecified atom stereocenters. The fraction of sp³-hybridized carbons (Fsp3) is 0.471. The van der Waals surface area contributed by atoms with E-state index in [1.165, 1.54) is 0 Å². The van der Waals surface area contributed by atoms with Crippen molar-refractivity contribution in [2.75, 3.05) is 19.7 Å². The average Bonchev–Trinajstić information content (AvgIpc) is 2.47. The topological polar surface area (TPSA) is 56.0 Å². The fourth-order valence-corrected chi connectivity index (χ4v) is 1.82. The van der Waals surface area contributed by atoms with E-state index in [9.17, 15) is 0 Å². The lowest BCUT2D eigenvalue weighted by Gasteiger charge is -2.21. The second kappa shape index (κ2) is 8.52. The van der Waals surface area contributed by atoms with Gasteiger partial charge in [-0.1, -0.05) is 38.1 Å². The molecule has 2 N–H and O–H groups in total. The zero-order chi connectivity index (χ0) is 14.8. The quantitative estimate of drug-likeness (QED) is 0.715.